The van der Waals surface area contributed by atoms with Gasteiger partial charge >= 0.3 is 0 Å². The van der Waals surface area contributed by atoms with E-state index in [9.17, 15) is 28.5 Å². The second-order valence-electron chi connectivity index (χ2n) is 7.46. The fourth-order valence-corrected chi connectivity index (χ4v) is 4.35. The van der Waals surface area contributed by atoms with Gasteiger partial charge < -0.3 is 15.3 Å². The van der Waals surface area contributed by atoms with Gasteiger partial charge in [0.15, 0.2) is 5.75 Å². The Labute approximate surface area is 194 Å². The first-order valence-corrected chi connectivity index (χ1v) is 11.5. The number of rotatable bonds is 5. The molecule has 0 aromatic heterocycles. The number of carbonyl (C=O) groups excluding carboxylic acids is 1. The van der Waals surface area contributed by atoms with Crippen molar-refractivity contribution in [3.05, 3.63) is 83.9 Å². The lowest BCUT2D eigenvalue weighted by molar-refractivity contribution is 0.0992. The van der Waals surface area contributed by atoms with Crippen molar-refractivity contribution < 1.29 is 28.5 Å². The van der Waals surface area contributed by atoms with E-state index in [1.807, 2.05) is 6.92 Å². The zero-order chi connectivity index (χ0) is 24.5. The summed E-state index contributed by atoms with van der Waals surface area (Å²) in [7, 11) is -3.96. The fraction of sp³-hybridized carbons (Fsp3) is 0.0417. The van der Waals surface area contributed by atoms with Gasteiger partial charge in [0.05, 0.1) is 16.1 Å². The topological polar surface area (TPSA) is 149 Å². The van der Waals surface area contributed by atoms with E-state index < -0.39 is 21.7 Å². The summed E-state index contributed by atoms with van der Waals surface area (Å²) in [4.78, 5) is 12.4. The Morgan fingerprint density at radius 2 is 1.56 bits per heavy atom. The minimum absolute atomic E-state index is 0.0522. The summed E-state index contributed by atoms with van der Waals surface area (Å²) in [6, 6.07) is 17.5. The Hall–Kier alpha value is -4.44. The molecule has 9 nitrogen and oxygen atoms in total. The molecule has 4 N–H and O–H groups in total. The normalized spacial score (nSPS) is 11.7. The molecule has 0 saturated carbocycles. The Bertz CT molecular complexity index is 1550. The van der Waals surface area contributed by atoms with Crippen LogP contribution in [0.4, 0.5) is 11.4 Å². The third kappa shape index (κ3) is 4.52. The molecule has 0 saturated heterocycles. The van der Waals surface area contributed by atoms with Crippen LogP contribution in [0.5, 0.6) is 17.2 Å². The highest BCUT2D eigenvalue weighted by molar-refractivity contribution is 7.92. The molecule has 0 aliphatic carbocycles. The van der Waals surface area contributed by atoms with Crippen molar-refractivity contribution in [2.24, 2.45) is 10.2 Å². The number of nitrogens with one attached hydrogen (secondary N) is 1. The molecule has 0 atom stereocenters. The third-order valence-corrected chi connectivity index (χ3v) is 6.41. The van der Waals surface area contributed by atoms with Crippen LogP contribution in [0.3, 0.4) is 0 Å². The van der Waals surface area contributed by atoms with Crippen LogP contribution < -0.4 is 4.72 Å². The molecule has 0 bridgehead atoms. The van der Waals surface area contributed by atoms with Crippen molar-refractivity contribution in [2.45, 2.75) is 11.8 Å². The van der Waals surface area contributed by atoms with Crippen LogP contribution in [0.2, 0.25) is 0 Å². The number of phenols is 3. The molecule has 0 spiro atoms. The first-order chi connectivity index (χ1) is 16.2. The van der Waals surface area contributed by atoms with E-state index >= 15 is 0 Å². The molecule has 0 aliphatic heterocycles. The Morgan fingerprint density at radius 1 is 0.882 bits per heavy atom. The van der Waals surface area contributed by atoms with Crippen LogP contribution >= 0.6 is 0 Å². The maximum Gasteiger partial charge on any atom is 0.299 e. The molecule has 4 aromatic carbocycles. The number of hydrogen-bond acceptors (Lipinski definition) is 7. The molecule has 0 fully saturated rings. The summed E-state index contributed by atoms with van der Waals surface area (Å²) < 4.78 is 28.4. The molecule has 1 amide bonds. The minimum atomic E-state index is -3.96. The number of carbonyl (C=O) groups is 1. The minimum Gasteiger partial charge on any atom is -0.508 e. The SMILES string of the molecule is Cc1ccc(S(=O)(=O)Nc2cc(N=NC(=O)c3ccc(O)cc3O)c(O)c3ccccc23)cc1. The van der Waals surface area contributed by atoms with Crippen LogP contribution in [0, 0.1) is 6.92 Å². The average molecular weight is 477 g/mol. The molecule has 34 heavy (non-hydrogen) atoms. The first kappa shape index (κ1) is 22.7. The molecule has 10 heteroatoms. The van der Waals surface area contributed by atoms with Crippen LogP contribution in [-0.4, -0.2) is 29.6 Å². The van der Waals surface area contributed by atoms with E-state index in [1.54, 1.807) is 36.4 Å². The lowest BCUT2D eigenvalue weighted by Gasteiger charge is -2.13. The van der Waals surface area contributed by atoms with Crippen molar-refractivity contribution in [2.75, 3.05) is 4.72 Å². The van der Waals surface area contributed by atoms with Gasteiger partial charge in [-0.1, -0.05) is 42.0 Å². The van der Waals surface area contributed by atoms with Gasteiger partial charge in [0.25, 0.3) is 15.9 Å². The van der Waals surface area contributed by atoms with Gasteiger partial charge in [0, 0.05) is 16.8 Å². The summed E-state index contributed by atoms with van der Waals surface area (Å²) >= 11 is 0. The fourth-order valence-electron chi connectivity index (χ4n) is 3.28. The molecule has 0 radical (unpaired) electrons. The molecule has 4 aromatic rings. The number of amides is 1. The van der Waals surface area contributed by atoms with Crippen molar-refractivity contribution in [3.8, 4) is 17.2 Å². The Kier molecular flexibility index (Phi) is 5.91. The smallest absolute Gasteiger partial charge is 0.299 e. The van der Waals surface area contributed by atoms with E-state index in [2.05, 4.69) is 15.0 Å². The summed E-state index contributed by atoms with van der Waals surface area (Å²) in [5.41, 5.74) is 0.665. The van der Waals surface area contributed by atoms with Gasteiger partial charge in [0.2, 0.25) is 0 Å². The third-order valence-electron chi connectivity index (χ3n) is 5.03. The quantitative estimate of drug-likeness (QED) is 0.235. The number of benzene rings is 4. The Morgan fingerprint density at radius 3 is 2.24 bits per heavy atom. The zero-order valence-electron chi connectivity index (χ0n) is 17.8. The van der Waals surface area contributed by atoms with E-state index in [0.717, 1.165) is 11.6 Å². The monoisotopic (exact) mass is 477 g/mol. The average Bonchev–Trinajstić information content (AvgIpc) is 2.80. The Balaban J connectivity index is 1.75. The number of anilines is 1. The van der Waals surface area contributed by atoms with Gasteiger partial charge in [-0.05, 0) is 37.3 Å². The van der Waals surface area contributed by atoms with Gasteiger partial charge in [-0.3, -0.25) is 9.52 Å². The summed E-state index contributed by atoms with van der Waals surface area (Å²) in [5.74, 6) is -1.95. The number of hydrogen-bond donors (Lipinski definition) is 4. The van der Waals surface area contributed by atoms with E-state index in [1.165, 1.54) is 30.3 Å². The largest absolute Gasteiger partial charge is 0.508 e. The van der Waals surface area contributed by atoms with E-state index in [0.29, 0.717) is 10.8 Å². The van der Waals surface area contributed by atoms with Gasteiger partial charge in [-0.25, -0.2) is 8.42 Å². The molecule has 0 heterocycles. The van der Waals surface area contributed by atoms with Crippen LogP contribution in [0.25, 0.3) is 10.8 Å². The van der Waals surface area contributed by atoms with Gasteiger partial charge in [-0.15, -0.1) is 10.2 Å². The maximum atomic E-state index is 12.9. The van der Waals surface area contributed by atoms with Gasteiger partial charge in [0.1, 0.15) is 17.2 Å². The summed E-state index contributed by atoms with van der Waals surface area (Å²) in [6.07, 6.45) is 0. The second-order valence-corrected chi connectivity index (χ2v) is 9.15. The highest BCUT2D eigenvalue weighted by Gasteiger charge is 2.19. The van der Waals surface area contributed by atoms with E-state index in [-0.39, 0.29) is 33.3 Å². The number of nitrogens with zero attached hydrogens (tertiary/aromatic N) is 2. The number of fused-ring (bicyclic) bond motifs is 1. The first-order valence-electron chi connectivity index (χ1n) is 9.98. The van der Waals surface area contributed by atoms with Crippen molar-refractivity contribution >= 4 is 38.1 Å². The van der Waals surface area contributed by atoms with Gasteiger partial charge in [-0.2, -0.15) is 0 Å². The standard InChI is InChI=1S/C24H19N3O6S/c1-14-6-9-16(10-7-14)34(32,33)27-20-13-21(23(30)18-5-3-2-4-17(18)20)25-26-24(31)19-11-8-15(28)12-22(19)29/h2-13,27-30H,1H3. The molecule has 0 unspecified atom stereocenters. The second kappa shape index (κ2) is 8.83. The summed E-state index contributed by atoms with van der Waals surface area (Å²) in [5, 5.41) is 37.9. The molecule has 0 aliphatic rings. The molecule has 4 rings (SSSR count). The lowest BCUT2D eigenvalue weighted by Crippen LogP contribution is -2.13. The number of aromatic hydroxyl groups is 3. The molecular formula is C24H19N3O6S. The van der Waals surface area contributed by atoms with Crippen molar-refractivity contribution in [1.82, 2.24) is 0 Å². The van der Waals surface area contributed by atoms with Crippen molar-refractivity contribution in [3.63, 3.8) is 0 Å². The van der Waals surface area contributed by atoms with Crippen LogP contribution in [-0.2, 0) is 10.0 Å². The zero-order valence-corrected chi connectivity index (χ0v) is 18.6. The molecular weight excluding hydrogens is 458 g/mol. The molecule has 172 valence electrons. The van der Waals surface area contributed by atoms with E-state index in [4.69, 9.17) is 0 Å². The van der Waals surface area contributed by atoms with Crippen molar-refractivity contribution in [1.29, 1.82) is 0 Å². The highest BCUT2D eigenvalue weighted by atomic mass is 32.2. The summed E-state index contributed by atoms with van der Waals surface area (Å²) in [6.45, 7) is 1.84. The number of azo groups is 1. The lowest BCUT2D eigenvalue weighted by atomic mass is 10.1. The number of phenolic OH excluding ortho intramolecular Hbond substituents is 3. The van der Waals surface area contributed by atoms with Crippen LogP contribution in [0.15, 0.2) is 87.9 Å². The predicted molar refractivity (Wildman–Crippen MR) is 126 cm³/mol. The van der Waals surface area contributed by atoms with Crippen LogP contribution in [0.1, 0.15) is 15.9 Å². The predicted octanol–water partition coefficient (Wildman–Crippen LogP) is 4.99. The highest BCUT2D eigenvalue weighted by Crippen LogP contribution is 2.40. The number of sulfonamides is 1. The number of aryl methyl sites for hydroxylation is 1. The maximum absolute atomic E-state index is 12.9.